The first kappa shape index (κ1) is 13.2. The van der Waals surface area contributed by atoms with Gasteiger partial charge in [0.2, 0.25) is 0 Å². The van der Waals surface area contributed by atoms with Crippen LogP contribution in [0.2, 0.25) is 0 Å². The highest BCUT2D eigenvalue weighted by Gasteiger charge is 2.08. The number of pyridine rings is 1. The SMILES string of the molecule is COCCOCCOc1ccnc(C#N)c1O. The number of hydrogen-bond acceptors (Lipinski definition) is 6. The van der Waals surface area contributed by atoms with Crippen LogP contribution in [0.4, 0.5) is 0 Å². The maximum atomic E-state index is 9.56. The normalized spacial score (nSPS) is 9.88. The minimum atomic E-state index is -0.244. The van der Waals surface area contributed by atoms with Crippen molar-refractivity contribution >= 4 is 0 Å². The predicted molar refractivity (Wildman–Crippen MR) is 58.8 cm³/mol. The smallest absolute Gasteiger partial charge is 0.195 e. The third kappa shape index (κ3) is 4.26. The fourth-order valence-corrected chi connectivity index (χ4v) is 1.09. The minimum absolute atomic E-state index is 0.0530. The van der Waals surface area contributed by atoms with Crippen molar-refractivity contribution in [3.8, 4) is 17.6 Å². The van der Waals surface area contributed by atoms with E-state index in [4.69, 9.17) is 19.5 Å². The zero-order valence-corrected chi connectivity index (χ0v) is 9.55. The lowest BCUT2D eigenvalue weighted by molar-refractivity contribution is 0.0540. The van der Waals surface area contributed by atoms with Crippen molar-refractivity contribution in [2.75, 3.05) is 33.5 Å². The van der Waals surface area contributed by atoms with Crippen molar-refractivity contribution in [1.29, 1.82) is 5.26 Å². The second-order valence-corrected chi connectivity index (χ2v) is 3.07. The zero-order valence-electron chi connectivity index (χ0n) is 9.55. The largest absolute Gasteiger partial charge is 0.502 e. The van der Waals surface area contributed by atoms with Gasteiger partial charge in [0.15, 0.2) is 17.2 Å². The molecule has 1 N–H and O–H groups in total. The lowest BCUT2D eigenvalue weighted by Crippen LogP contribution is -2.10. The van der Waals surface area contributed by atoms with Crippen molar-refractivity contribution < 1.29 is 19.3 Å². The summed E-state index contributed by atoms with van der Waals surface area (Å²) < 4.78 is 15.2. The summed E-state index contributed by atoms with van der Waals surface area (Å²) in [6, 6.07) is 3.26. The summed E-state index contributed by atoms with van der Waals surface area (Å²) in [5.41, 5.74) is -0.0530. The standard InChI is InChI=1S/C11H14N2O4/c1-15-4-5-16-6-7-17-10-2-3-13-9(8-12)11(10)14/h2-3,14H,4-7H2,1H3. The van der Waals surface area contributed by atoms with E-state index in [1.807, 2.05) is 0 Å². The molecule has 6 nitrogen and oxygen atoms in total. The van der Waals surface area contributed by atoms with Crippen molar-refractivity contribution in [3.63, 3.8) is 0 Å². The Morgan fingerprint density at radius 1 is 1.35 bits per heavy atom. The molecule has 0 aromatic carbocycles. The number of nitriles is 1. The number of aromatic hydroxyl groups is 1. The molecule has 6 heteroatoms. The molecule has 0 bridgehead atoms. The highest BCUT2D eigenvalue weighted by atomic mass is 16.5. The van der Waals surface area contributed by atoms with E-state index in [0.717, 1.165) is 0 Å². The third-order valence-electron chi connectivity index (χ3n) is 1.91. The van der Waals surface area contributed by atoms with E-state index < -0.39 is 0 Å². The van der Waals surface area contributed by atoms with Crippen LogP contribution in [0.15, 0.2) is 12.3 Å². The maximum Gasteiger partial charge on any atom is 0.195 e. The second kappa shape index (κ2) is 7.44. The molecule has 1 aromatic heterocycles. The molecule has 1 heterocycles. The Hall–Kier alpha value is -1.84. The summed E-state index contributed by atoms with van der Waals surface area (Å²) in [7, 11) is 1.60. The van der Waals surface area contributed by atoms with Crippen molar-refractivity contribution in [2.24, 2.45) is 0 Å². The molecule has 0 atom stereocenters. The number of hydrogen-bond donors (Lipinski definition) is 1. The molecule has 1 rings (SSSR count). The summed E-state index contributed by atoms with van der Waals surface area (Å²) >= 11 is 0. The molecule has 0 radical (unpaired) electrons. The second-order valence-electron chi connectivity index (χ2n) is 3.07. The van der Waals surface area contributed by atoms with Crippen LogP contribution in [-0.4, -0.2) is 43.6 Å². The summed E-state index contributed by atoms with van der Waals surface area (Å²) in [4.78, 5) is 3.69. The molecular weight excluding hydrogens is 224 g/mol. The van der Waals surface area contributed by atoms with Crippen LogP contribution in [0.5, 0.6) is 11.5 Å². The molecule has 0 amide bonds. The van der Waals surface area contributed by atoms with Gasteiger partial charge in [-0.25, -0.2) is 4.98 Å². The van der Waals surface area contributed by atoms with Gasteiger partial charge in [0.05, 0.1) is 19.8 Å². The maximum absolute atomic E-state index is 9.56. The van der Waals surface area contributed by atoms with E-state index in [1.54, 1.807) is 13.2 Å². The van der Waals surface area contributed by atoms with E-state index >= 15 is 0 Å². The molecule has 92 valence electrons. The summed E-state index contributed by atoms with van der Waals surface area (Å²) in [5, 5.41) is 18.2. The minimum Gasteiger partial charge on any atom is -0.502 e. The van der Waals surface area contributed by atoms with Crippen molar-refractivity contribution in [2.45, 2.75) is 0 Å². The molecule has 0 fully saturated rings. The van der Waals surface area contributed by atoms with Crippen LogP contribution in [0.3, 0.4) is 0 Å². The van der Waals surface area contributed by atoms with E-state index in [1.165, 1.54) is 12.3 Å². The fourth-order valence-electron chi connectivity index (χ4n) is 1.09. The highest BCUT2D eigenvalue weighted by Crippen LogP contribution is 2.27. The Balaban J connectivity index is 2.35. The first-order valence-electron chi connectivity index (χ1n) is 5.07. The lowest BCUT2D eigenvalue weighted by atomic mass is 10.3. The Labute approximate surface area is 99.4 Å². The van der Waals surface area contributed by atoms with E-state index in [2.05, 4.69) is 4.98 Å². The van der Waals surface area contributed by atoms with Crippen LogP contribution in [0.1, 0.15) is 5.69 Å². The summed E-state index contributed by atoms with van der Waals surface area (Å²) in [6.45, 7) is 1.68. The fraction of sp³-hybridized carbons (Fsp3) is 0.455. The summed E-state index contributed by atoms with van der Waals surface area (Å²) in [6.07, 6.45) is 1.40. The van der Waals surface area contributed by atoms with Gasteiger partial charge >= 0.3 is 0 Å². The van der Waals surface area contributed by atoms with Gasteiger partial charge in [-0.3, -0.25) is 0 Å². The molecule has 0 aliphatic carbocycles. The van der Waals surface area contributed by atoms with Gasteiger partial charge in [0, 0.05) is 19.4 Å². The van der Waals surface area contributed by atoms with Crippen LogP contribution in [-0.2, 0) is 9.47 Å². The van der Waals surface area contributed by atoms with E-state index in [9.17, 15) is 5.11 Å². The van der Waals surface area contributed by atoms with Crippen LogP contribution >= 0.6 is 0 Å². The first-order chi connectivity index (χ1) is 8.29. The Bertz CT molecular complexity index is 390. The first-order valence-corrected chi connectivity index (χ1v) is 5.07. The lowest BCUT2D eigenvalue weighted by Gasteiger charge is -2.08. The Morgan fingerprint density at radius 2 is 2.12 bits per heavy atom. The third-order valence-corrected chi connectivity index (χ3v) is 1.91. The quantitative estimate of drug-likeness (QED) is 0.704. The van der Waals surface area contributed by atoms with Crippen LogP contribution in [0.25, 0.3) is 0 Å². The molecular formula is C11H14N2O4. The molecule has 0 spiro atoms. The van der Waals surface area contributed by atoms with Gasteiger partial charge in [0.1, 0.15) is 12.7 Å². The molecule has 0 unspecified atom stereocenters. The average Bonchev–Trinajstić information content (AvgIpc) is 2.35. The Kier molecular flexibility index (Phi) is 5.79. The molecule has 0 saturated heterocycles. The van der Waals surface area contributed by atoms with Gasteiger partial charge < -0.3 is 19.3 Å². The number of aromatic nitrogens is 1. The van der Waals surface area contributed by atoms with Crippen LogP contribution < -0.4 is 4.74 Å². The molecule has 0 aliphatic rings. The van der Waals surface area contributed by atoms with Crippen LogP contribution in [0, 0.1) is 11.3 Å². The van der Waals surface area contributed by atoms with Crippen molar-refractivity contribution in [3.05, 3.63) is 18.0 Å². The topological polar surface area (TPSA) is 84.6 Å². The average molecular weight is 238 g/mol. The van der Waals surface area contributed by atoms with Gasteiger partial charge in [-0.1, -0.05) is 0 Å². The van der Waals surface area contributed by atoms with Gasteiger partial charge in [-0.15, -0.1) is 0 Å². The number of nitrogens with zero attached hydrogens (tertiary/aromatic N) is 2. The molecule has 17 heavy (non-hydrogen) atoms. The molecule has 0 saturated carbocycles. The highest BCUT2D eigenvalue weighted by molar-refractivity contribution is 5.46. The molecule has 0 aliphatic heterocycles. The van der Waals surface area contributed by atoms with Crippen molar-refractivity contribution in [1.82, 2.24) is 4.98 Å². The zero-order chi connectivity index (χ0) is 12.5. The van der Waals surface area contributed by atoms with Gasteiger partial charge in [-0.2, -0.15) is 5.26 Å². The Morgan fingerprint density at radius 3 is 2.82 bits per heavy atom. The number of ether oxygens (including phenoxy) is 3. The molecule has 1 aromatic rings. The van der Waals surface area contributed by atoms with E-state index in [-0.39, 0.29) is 23.8 Å². The van der Waals surface area contributed by atoms with E-state index in [0.29, 0.717) is 19.8 Å². The predicted octanol–water partition coefficient (Wildman–Crippen LogP) is 0.701. The monoisotopic (exact) mass is 238 g/mol. The number of methoxy groups -OCH3 is 1. The van der Waals surface area contributed by atoms with Gasteiger partial charge in [0.25, 0.3) is 0 Å². The van der Waals surface area contributed by atoms with Gasteiger partial charge in [-0.05, 0) is 0 Å². The number of rotatable bonds is 7. The summed E-state index contributed by atoms with van der Waals surface area (Å²) in [5.74, 6) is -0.0150.